The van der Waals surface area contributed by atoms with E-state index in [9.17, 15) is 19.2 Å². The molecule has 38 heavy (non-hydrogen) atoms. The monoisotopic (exact) mass is 560 g/mol. The molecule has 2 aromatic rings. The average Bonchev–Trinajstić information content (AvgIpc) is 2.95. The van der Waals surface area contributed by atoms with Crippen molar-refractivity contribution in [2.24, 2.45) is 0 Å². The van der Waals surface area contributed by atoms with Crippen molar-refractivity contribution < 1.29 is 38.1 Å². The Hall–Kier alpha value is -3.64. The number of rotatable bonds is 17. The molecular formula is C26H28N2O8S2. The van der Waals surface area contributed by atoms with Gasteiger partial charge in [0.1, 0.15) is 10.1 Å². The van der Waals surface area contributed by atoms with Gasteiger partial charge in [0, 0.05) is 24.5 Å². The third kappa shape index (κ3) is 11.2. The Balaban J connectivity index is 1.85. The average molecular weight is 561 g/mol. The summed E-state index contributed by atoms with van der Waals surface area (Å²) in [4.78, 5) is 55.7. The van der Waals surface area contributed by atoms with E-state index in [1.54, 1.807) is 36.7 Å². The molecule has 0 amide bonds. The molecule has 0 bridgehead atoms. The van der Waals surface area contributed by atoms with Crippen LogP contribution in [-0.4, -0.2) is 60.3 Å². The second-order valence-electron chi connectivity index (χ2n) is 7.31. The van der Waals surface area contributed by atoms with Gasteiger partial charge in [-0.05, 0) is 71.5 Å². The second kappa shape index (κ2) is 17.8. The maximum atomic E-state index is 12.6. The summed E-state index contributed by atoms with van der Waals surface area (Å²) in [5.41, 5.74) is 0.556. The highest BCUT2D eigenvalue weighted by Crippen LogP contribution is 2.38. The first-order valence-electron chi connectivity index (χ1n) is 11.6. The lowest BCUT2D eigenvalue weighted by molar-refractivity contribution is -0.138. The minimum absolute atomic E-state index is 0.156. The smallest absolute Gasteiger partial charge is 0.340 e. The van der Waals surface area contributed by atoms with E-state index < -0.39 is 23.9 Å². The largest absolute Gasteiger partial charge is 0.463 e. The van der Waals surface area contributed by atoms with Crippen LogP contribution < -0.4 is 0 Å². The number of carbonyl (C=O) groups is 4. The van der Waals surface area contributed by atoms with E-state index in [-0.39, 0.29) is 37.6 Å². The lowest BCUT2D eigenvalue weighted by Gasteiger charge is -2.10. The van der Waals surface area contributed by atoms with Crippen molar-refractivity contribution in [1.29, 1.82) is 0 Å². The maximum Gasteiger partial charge on any atom is 0.340 e. The van der Waals surface area contributed by atoms with Crippen molar-refractivity contribution in [1.82, 2.24) is 9.97 Å². The first-order chi connectivity index (χ1) is 18.5. The zero-order valence-corrected chi connectivity index (χ0v) is 22.3. The van der Waals surface area contributed by atoms with Gasteiger partial charge < -0.3 is 18.9 Å². The fraction of sp³-hybridized carbons (Fsp3) is 0.308. The van der Waals surface area contributed by atoms with Gasteiger partial charge in [0.05, 0.1) is 37.6 Å². The van der Waals surface area contributed by atoms with Crippen LogP contribution in [0.3, 0.4) is 0 Å². The summed E-state index contributed by atoms with van der Waals surface area (Å²) < 4.78 is 20.4. The summed E-state index contributed by atoms with van der Waals surface area (Å²) in [5, 5.41) is 0.808. The van der Waals surface area contributed by atoms with Gasteiger partial charge >= 0.3 is 23.9 Å². The summed E-state index contributed by atoms with van der Waals surface area (Å²) in [7, 11) is 2.33. The first kappa shape index (κ1) is 30.6. The topological polar surface area (TPSA) is 131 Å². The van der Waals surface area contributed by atoms with Crippen LogP contribution in [0, 0.1) is 0 Å². The number of hydrogen-bond donors (Lipinski definition) is 0. The van der Waals surface area contributed by atoms with Crippen LogP contribution >= 0.6 is 21.6 Å². The fourth-order valence-electron chi connectivity index (χ4n) is 2.66. The number of carbonyl (C=O) groups excluding carboxylic acids is 4. The molecule has 10 nitrogen and oxygen atoms in total. The molecule has 2 heterocycles. The summed E-state index contributed by atoms with van der Waals surface area (Å²) in [6.45, 7) is 7.38. The Bertz CT molecular complexity index is 1040. The Kier molecular flexibility index (Phi) is 14.3. The lowest BCUT2D eigenvalue weighted by Crippen LogP contribution is -2.10. The third-order valence-corrected chi connectivity index (χ3v) is 6.79. The maximum absolute atomic E-state index is 12.6. The molecule has 202 valence electrons. The number of unbranched alkanes of at least 4 members (excludes halogenated alkanes) is 2. The van der Waals surface area contributed by atoms with Crippen LogP contribution in [0.1, 0.15) is 46.4 Å². The molecule has 0 aliphatic heterocycles. The van der Waals surface area contributed by atoms with Gasteiger partial charge in [0.25, 0.3) is 0 Å². The van der Waals surface area contributed by atoms with Gasteiger partial charge in [0.2, 0.25) is 0 Å². The fourth-order valence-corrected chi connectivity index (χ4v) is 4.78. The SMILES string of the molecule is C=CC(=O)OCCCCOC(=O)c1cccnc1SSc1ncccc1C(=O)OCCCCOC(=O)C=C. The van der Waals surface area contributed by atoms with Crippen LogP contribution in [-0.2, 0) is 28.5 Å². The van der Waals surface area contributed by atoms with Gasteiger partial charge in [-0.15, -0.1) is 0 Å². The molecule has 12 heteroatoms. The third-order valence-electron chi connectivity index (χ3n) is 4.55. The molecule has 0 saturated heterocycles. The summed E-state index contributed by atoms with van der Waals surface area (Å²) in [5.74, 6) is -2.07. The van der Waals surface area contributed by atoms with Crippen LogP contribution in [0.2, 0.25) is 0 Å². The molecule has 0 fully saturated rings. The predicted molar refractivity (Wildman–Crippen MR) is 142 cm³/mol. The van der Waals surface area contributed by atoms with Gasteiger partial charge in [-0.1, -0.05) is 13.2 Å². The molecule has 0 unspecified atom stereocenters. The van der Waals surface area contributed by atoms with Gasteiger partial charge in [-0.25, -0.2) is 29.1 Å². The Morgan fingerprint density at radius 2 is 1.03 bits per heavy atom. The van der Waals surface area contributed by atoms with Crippen LogP contribution in [0.5, 0.6) is 0 Å². The molecule has 0 aliphatic carbocycles. The highest BCUT2D eigenvalue weighted by atomic mass is 33.1. The van der Waals surface area contributed by atoms with E-state index in [1.807, 2.05) is 0 Å². The Morgan fingerprint density at radius 3 is 1.39 bits per heavy atom. The molecule has 2 aromatic heterocycles. The zero-order valence-electron chi connectivity index (χ0n) is 20.7. The molecule has 0 N–H and O–H groups in total. The van der Waals surface area contributed by atoms with E-state index in [1.165, 1.54) is 0 Å². The van der Waals surface area contributed by atoms with E-state index >= 15 is 0 Å². The second-order valence-corrected chi connectivity index (χ2v) is 9.41. The van der Waals surface area contributed by atoms with E-state index in [2.05, 4.69) is 23.1 Å². The molecule has 2 rings (SSSR count). The molecule has 0 radical (unpaired) electrons. The molecule has 0 aromatic carbocycles. The number of nitrogens with zero attached hydrogens (tertiary/aromatic N) is 2. The predicted octanol–water partition coefficient (Wildman–Crippen LogP) is 4.61. The van der Waals surface area contributed by atoms with Crippen LogP contribution in [0.4, 0.5) is 0 Å². The number of esters is 4. The molecule has 0 spiro atoms. The summed E-state index contributed by atoms with van der Waals surface area (Å²) in [6.07, 6.45) is 7.40. The molecule has 0 saturated carbocycles. The van der Waals surface area contributed by atoms with E-state index in [0.29, 0.717) is 35.7 Å². The quantitative estimate of drug-likeness (QED) is 0.0880. The lowest BCUT2D eigenvalue weighted by atomic mass is 10.3. The number of hydrogen-bond acceptors (Lipinski definition) is 12. The van der Waals surface area contributed by atoms with Crippen molar-refractivity contribution >= 4 is 45.5 Å². The molecule has 0 atom stereocenters. The standard InChI is InChI=1S/C26H28N2O8S2/c1-3-21(29)33-15-5-7-17-35-25(31)19-11-9-13-27-23(19)37-38-24-20(12-10-14-28-24)26(32)36-18-8-6-16-34-22(30)4-2/h3-4,9-14H,1-2,5-8,15-18H2. The highest BCUT2D eigenvalue weighted by Gasteiger charge is 2.18. The highest BCUT2D eigenvalue weighted by molar-refractivity contribution is 8.76. The van der Waals surface area contributed by atoms with Gasteiger partial charge in [0.15, 0.2) is 0 Å². The van der Waals surface area contributed by atoms with Crippen LogP contribution in [0.15, 0.2) is 72.0 Å². The van der Waals surface area contributed by atoms with E-state index in [0.717, 1.165) is 33.7 Å². The summed E-state index contributed by atoms with van der Waals surface area (Å²) in [6, 6.07) is 6.46. The minimum Gasteiger partial charge on any atom is -0.463 e. The van der Waals surface area contributed by atoms with Crippen LogP contribution in [0.25, 0.3) is 0 Å². The van der Waals surface area contributed by atoms with Crippen molar-refractivity contribution in [3.8, 4) is 0 Å². The number of ether oxygens (including phenoxy) is 4. The van der Waals surface area contributed by atoms with Crippen molar-refractivity contribution in [3.05, 3.63) is 73.1 Å². The number of aromatic nitrogens is 2. The number of pyridine rings is 2. The first-order valence-corrected chi connectivity index (χ1v) is 13.8. The Labute approximate surface area is 228 Å². The van der Waals surface area contributed by atoms with Crippen molar-refractivity contribution in [2.75, 3.05) is 26.4 Å². The van der Waals surface area contributed by atoms with E-state index in [4.69, 9.17) is 18.9 Å². The molecule has 0 aliphatic rings. The molecular weight excluding hydrogens is 532 g/mol. The van der Waals surface area contributed by atoms with Gasteiger partial charge in [-0.2, -0.15) is 0 Å². The van der Waals surface area contributed by atoms with Gasteiger partial charge in [-0.3, -0.25) is 0 Å². The Morgan fingerprint density at radius 1 is 0.658 bits per heavy atom. The van der Waals surface area contributed by atoms with Crippen molar-refractivity contribution in [3.63, 3.8) is 0 Å². The van der Waals surface area contributed by atoms with Crippen molar-refractivity contribution in [2.45, 2.75) is 35.7 Å². The normalized spacial score (nSPS) is 10.2. The zero-order chi connectivity index (χ0) is 27.6. The summed E-state index contributed by atoms with van der Waals surface area (Å²) >= 11 is 0. The minimum atomic E-state index is -0.538.